The van der Waals surface area contributed by atoms with E-state index in [2.05, 4.69) is 144 Å². The Bertz CT molecular complexity index is 2020. The number of unbranched alkanes of at least 4 members (excludes halogenated alkanes) is 2. The van der Waals surface area contributed by atoms with E-state index in [4.69, 9.17) is 15.0 Å². The van der Waals surface area contributed by atoms with E-state index in [1.165, 1.54) is 97.7 Å². The lowest BCUT2D eigenvalue weighted by molar-refractivity contribution is -0.233. The minimum absolute atomic E-state index is 0.0521. The summed E-state index contributed by atoms with van der Waals surface area (Å²) >= 11 is 0. The van der Waals surface area contributed by atoms with Crippen LogP contribution >= 0.6 is 7.26 Å². The van der Waals surface area contributed by atoms with Crippen LogP contribution in [0.2, 0.25) is 0 Å². The number of aromatic nitrogens is 3. The molecule has 9 atom stereocenters. The molecule has 5 heteroatoms. The molecule has 1 saturated heterocycles. The van der Waals surface area contributed by atoms with Crippen molar-refractivity contribution in [3.8, 4) is 0 Å². The molecule has 1 aromatic heterocycles. The third kappa shape index (κ3) is 5.51. The van der Waals surface area contributed by atoms with Crippen molar-refractivity contribution in [3.63, 3.8) is 0 Å². The number of hydrogen-bond donors (Lipinski definition) is 0. The summed E-state index contributed by atoms with van der Waals surface area (Å²) in [5, 5.41) is 14.6. The maximum absolute atomic E-state index is 6.86. The second-order valence-corrected chi connectivity index (χ2v) is 26.0. The van der Waals surface area contributed by atoms with Gasteiger partial charge in [-0.1, -0.05) is 108 Å². The summed E-state index contributed by atoms with van der Waals surface area (Å²) in [4.78, 5) is 0. The topological polar surface area (TPSA) is 39.9 Å². The van der Waals surface area contributed by atoms with Gasteiger partial charge in [0.1, 0.15) is 23.2 Å². The van der Waals surface area contributed by atoms with Crippen molar-refractivity contribution in [2.24, 2.45) is 50.7 Å². The highest BCUT2D eigenvalue weighted by molar-refractivity contribution is 7.95. The summed E-state index contributed by atoms with van der Waals surface area (Å²) in [7, 11) is -1.81. The third-order valence-electron chi connectivity index (χ3n) is 19.2. The van der Waals surface area contributed by atoms with E-state index in [-0.39, 0.29) is 10.8 Å². The molecule has 1 aliphatic heterocycles. The SMILES string of the molecule is CC1(C)CC[C@]23CC[C@]4(C)[C@H](CC[C@@H]5[C@@]6(C)Cc7nnn(CCCCC[P+](c8ccccc8)(c8ccccc8)c8ccccc8)c7C(C)(C)[C@@H]6CC[C@]54C)[C@H]2[C@H]1OC3. The number of rotatable bonds is 9. The average molecular weight is 797 g/mol. The standard InChI is InChI=1S/C53H71N3OP/c1-48(2)30-32-53-33-31-51(6)41(45(53)47(48)57-37-53)26-27-44-50(5)36-42-46(49(3,4)43(50)28-29-52(44,51)7)56(55-54-42)34-18-11-19-35-58(38-20-12-8-13-21-38,39-22-14-9-15-23-39)40-24-16-10-17-25-40/h8-10,12-17,20-25,41,43-45,47H,11,18-19,26-37H2,1-7H3/q+1/t41-,43+,44-,45+,47-,50+,51-,52-,53-/m1/s1. The molecular formula is C53H71N3OP+. The van der Waals surface area contributed by atoms with Gasteiger partial charge < -0.3 is 4.74 Å². The van der Waals surface area contributed by atoms with Gasteiger partial charge in [-0.2, -0.15) is 0 Å². The van der Waals surface area contributed by atoms with Crippen molar-refractivity contribution in [1.82, 2.24) is 15.0 Å². The fourth-order valence-electron chi connectivity index (χ4n) is 16.3. The summed E-state index contributed by atoms with van der Waals surface area (Å²) in [6, 6.07) is 34.2. The first-order chi connectivity index (χ1) is 27.8. The van der Waals surface area contributed by atoms with Crippen molar-refractivity contribution in [1.29, 1.82) is 0 Å². The zero-order valence-electron chi connectivity index (χ0n) is 36.9. The molecule has 0 N–H and O–H groups in total. The highest BCUT2D eigenvalue weighted by Gasteiger charge is 2.73. The number of fused-ring (bicyclic) bond motifs is 6. The van der Waals surface area contributed by atoms with Crippen molar-refractivity contribution >= 4 is 23.2 Å². The van der Waals surface area contributed by atoms with Gasteiger partial charge in [0.2, 0.25) is 0 Å². The predicted octanol–water partition coefficient (Wildman–Crippen LogP) is 11.3. The molecule has 2 bridgehead atoms. The molecule has 0 amide bonds. The van der Waals surface area contributed by atoms with Crippen LogP contribution in [-0.4, -0.2) is 33.9 Å². The number of aryl methyl sites for hydroxylation is 1. The molecule has 3 aromatic carbocycles. The van der Waals surface area contributed by atoms with Crippen molar-refractivity contribution in [2.75, 3.05) is 12.8 Å². The minimum atomic E-state index is -1.81. The second-order valence-electron chi connectivity index (χ2n) is 22.4. The van der Waals surface area contributed by atoms with Gasteiger partial charge in [0.15, 0.2) is 0 Å². The molecule has 10 rings (SSSR count). The predicted molar refractivity (Wildman–Crippen MR) is 242 cm³/mol. The number of ether oxygens (including phenoxy) is 1. The Morgan fingerprint density at radius 1 is 0.655 bits per heavy atom. The fourth-order valence-corrected chi connectivity index (χ4v) is 20.7. The molecular weight excluding hydrogens is 726 g/mol. The van der Waals surface area contributed by atoms with Gasteiger partial charge in [0.05, 0.1) is 30.3 Å². The summed E-state index contributed by atoms with van der Waals surface area (Å²) in [6.07, 6.45) is 17.2. The molecule has 4 nitrogen and oxygen atoms in total. The van der Waals surface area contributed by atoms with Crippen molar-refractivity contribution in [3.05, 3.63) is 102 Å². The zero-order valence-corrected chi connectivity index (χ0v) is 37.7. The molecule has 58 heavy (non-hydrogen) atoms. The van der Waals surface area contributed by atoms with Crippen LogP contribution in [0.25, 0.3) is 0 Å². The summed E-state index contributed by atoms with van der Waals surface area (Å²) in [5.74, 6) is 2.92. The van der Waals surface area contributed by atoms with Crippen molar-refractivity contribution in [2.45, 2.75) is 144 Å². The second kappa shape index (κ2) is 13.9. The zero-order chi connectivity index (χ0) is 40.2. The maximum atomic E-state index is 6.86. The Morgan fingerprint density at radius 3 is 1.91 bits per heavy atom. The van der Waals surface area contributed by atoms with Crippen LogP contribution in [-0.2, 0) is 23.1 Å². The Kier molecular flexibility index (Phi) is 9.40. The Balaban J connectivity index is 0.877. The van der Waals surface area contributed by atoms with Crippen LogP contribution < -0.4 is 15.9 Å². The smallest absolute Gasteiger partial charge is 0.112 e. The molecule has 0 radical (unpaired) electrons. The van der Waals surface area contributed by atoms with Gasteiger partial charge in [0, 0.05) is 12.0 Å². The summed E-state index contributed by atoms with van der Waals surface area (Å²) in [5.41, 5.74) is 4.54. The van der Waals surface area contributed by atoms with E-state index in [1.54, 1.807) is 0 Å². The van der Waals surface area contributed by atoms with Crippen LogP contribution in [0.1, 0.15) is 130 Å². The van der Waals surface area contributed by atoms with Gasteiger partial charge >= 0.3 is 0 Å². The van der Waals surface area contributed by atoms with Gasteiger partial charge in [-0.15, -0.1) is 5.10 Å². The monoisotopic (exact) mass is 797 g/mol. The largest absolute Gasteiger partial charge is 0.377 e. The minimum Gasteiger partial charge on any atom is -0.377 e. The lowest BCUT2D eigenvalue weighted by Gasteiger charge is -2.72. The Labute approximate surface area is 351 Å². The molecule has 308 valence electrons. The van der Waals surface area contributed by atoms with E-state index >= 15 is 0 Å². The number of nitrogens with zero attached hydrogens (tertiary/aromatic N) is 3. The molecule has 5 aliphatic carbocycles. The normalized spacial score (nSPS) is 36.8. The first-order valence-electron chi connectivity index (χ1n) is 23.4. The van der Waals surface area contributed by atoms with Crippen LogP contribution in [0.15, 0.2) is 91.0 Å². The van der Waals surface area contributed by atoms with E-state index < -0.39 is 7.26 Å². The molecule has 4 saturated carbocycles. The third-order valence-corrected chi connectivity index (χ3v) is 23.7. The Morgan fingerprint density at radius 2 is 1.28 bits per heavy atom. The number of benzene rings is 3. The van der Waals surface area contributed by atoms with Gasteiger partial charge in [-0.3, -0.25) is 0 Å². The van der Waals surface area contributed by atoms with Crippen LogP contribution in [0, 0.1) is 50.7 Å². The first-order valence-corrected chi connectivity index (χ1v) is 25.4. The fraction of sp³-hybridized carbons (Fsp3) is 0.623. The Hall–Kier alpha value is -2.81. The van der Waals surface area contributed by atoms with Crippen LogP contribution in [0.4, 0.5) is 0 Å². The highest BCUT2D eigenvalue weighted by Crippen LogP contribution is 2.77. The van der Waals surface area contributed by atoms with Gasteiger partial charge in [-0.25, -0.2) is 4.68 Å². The van der Waals surface area contributed by atoms with Crippen LogP contribution in [0.3, 0.4) is 0 Å². The molecule has 2 heterocycles. The molecule has 4 aromatic rings. The summed E-state index contributed by atoms with van der Waals surface area (Å²) < 4.78 is 9.23. The van der Waals surface area contributed by atoms with E-state index in [0.717, 1.165) is 43.7 Å². The first kappa shape index (κ1) is 39.3. The van der Waals surface area contributed by atoms with E-state index in [1.807, 2.05) is 0 Å². The molecule has 0 unspecified atom stereocenters. The quantitative estimate of drug-likeness (QED) is 0.125. The lowest BCUT2D eigenvalue weighted by Crippen LogP contribution is -2.67. The average Bonchev–Trinajstić information content (AvgIpc) is 3.79. The maximum Gasteiger partial charge on any atom is 0.112 e. The van der Waals surface area contributed by atoms with Gasteiger partial charge in [0.25, 0.3) is 0 Å². The lowest BCUT2D eigenvalue weighted by atomic mass is 9.31. The highest BCUT2D eigenvalue weighted by atomic mass is 31.2. The van der Waals surface area contributed by atoms with Crippen LogP contribution in [0.5, 0.6) is 0 Å². The molecule has 0 spiro atoms. The summed E-state index contributed by atoms with van der Waals surface area (Å²) in [6.45, 7) is 20.5. The van der Waals surface area contributed by atoms with E-state index in [9.17, 15) is 0 Å². The van der Waals surface area contributed by atoms with E-state index in [0.29, 0.717) is 33.7 Å². The van der Waals surface area contributed by atoms with Gasteiger partial charge in [-0.05, 0) is 164 Å². The van der Waals surface area contributed by atoms with Crippen molar-refractivity contribution < 1.29 is 4.74 Å². The number of hydrogen-bond acceptors (Lipinski definition) is 3. The molecule has 6 aliphatic rings. The molecule has 5 fully saturated rings.